The van der Waals surface area contributed by atoms with Crippen molar-refractivity contribution in [1.29, 1.82) is 0 Å². The first-order valence-electron chi connectivity index (χ1n) is 6.11. The van der Waals surface area contributed by atoms with Crippen LogP contribution in [0.25, 0.3) is 0 Å². The summed E-state index contributed by atoms with van der Waals surface area (Å²) < 4.78 is 0. The largest absolute Gasteiger partial charge is 0.353 e. The molecule has 0 spiro atoms. The molecule has 0 aliphatic heterocycles. The van der Waals surface area contributed by atoms with Gasteiger partial charge in [0.05, 0.1) is 6.04 Å². The van der Waals surface area contributed by atoms with Gasteiger partial charge in [0.1, 0.15) is 5.82 Å². The molecule has 1 aromatic carbocycles. The van der Waals surface area contributed by atoms with Crippen LogP contribution >= 0.6 is 27.5 Å². The third-order valence-electron chi connectivity index (χ3n) is 3.26. The summed E-state index contributed by atoms with van der Waals surface area (Å²) in [5.74, 6) is 0.942. The molecule has 2 nitrogen and oxygen atoms in total. The van der Waals surface area contributed by atoms with E-state index < -0.39 is 0 Å². The normalized spacial score (nSPS) is 12.2. The van der Waals surface area contributed by atoms with Crippen LogP contribution in [0.3, 0.4) is 0 Å². The lowest BCUT2D eigenvalue weighted by atomic mass is 10.1. The Labute approximate surface area is 127 Å². The van der Waals surface area contributed by atoms with Crippen LogP contribution in [0.5, 0.6) is 0 Å². The summed E-state index contributed by atoms with van der Waals surface area (Å²) in [6.45, 7) is 2.13. The topological polar surface area (TPSA) is 16.1 Å². The van der Waals surface area contributed by atoms with E-state index in [2.05, 4.69) is 44.9 Å². The summed E-state index contributed by atoms with van der Waals surface area (Å²) in [4.78, 5) is 6.60. The fourth-order valence-corrected chi connectivity index (χ4v) is 2.55. The maximum absolute atomic E-state index is 6.25. The molecule has 0 bridgehead atoms. The quantitative estimate of drug-likeness (QED) is 0.742. The Balaban J connectivity index is 2.23. The number of aromatic nitrogens is 1. The molecule has 0 radical (unpaired) electrons. The molecule has 0 fully saturated rings. The lowest BCUT2D eigenvalue weighted by molar-refractivity contribution is 0.728. The third kappa shape index (κ3) is 3.28. The zero-order chi connectivity index (χ0) is 13.8. The molecule has 19 heavy (non-hydrogen) atoms. The summed E-state index contributed by atoms with van der Waals surface area (Å²) in [7, 11) is 2.03. The van der Waals surface area contributed by atoms with Crippen LogP contribution in [0.15, 0.2) is 42.6 Å². The van der Waals surface area contributed by atoms with Crippen molar-refractivity contribution in [2.24, 2.45) is 0 Å². The van der Waals surface area contributed by atoms with E-state index in [1.807, 2.05) is 37.5 Å². The molecule has 0 saturated carbocycles. The Bertz CT molecular complexity index is 542. The molecule has 1 unspecified atom stereocenters. The second-order valence-corrected chi connectivity index (χ2v) is 5.43. The minimum absolute atomic E-state index is 0.177. The predicted octanol–water partition coefficient (Wildman–Crippen LogP) is 4.83. The maximum Gasteiger partial charge on any atom is 0.128 e. The molecular formula is C15H16BrClN2. The van der Waals surface area contributed by atoms with Crippen molar-refractivity contribution < 1.29 is 0 Å². The fraction of sp³-hybridized carbons (Fsp3) is 0.267. The van der Waals surface area contributed by atoms with Crippen LogP contribution in [0.1, 0.15) is 24.1 Å². The minimum atomic E-state index is 0.177. The van der Waals surface area contributed by atoms with Crippen molar-refractivity contribution in [3.63, 3.8) is 0 Å². The van der Waals surface area contributed by atoms with E-state index in [0.29, 0.717) is 0 Å². The number of nitrogens with zero attached hydrogens (tertiary/aromatic N) is 2. The van der Waals surface area contributed by atoms with Crippen LogP contribution in [-0.2, 0) is 5.33 Å². The summed E-state index contributed by atoms with van der Waals surface area (Å²) in [5.41, 5.74) is 2.28. The highest BCUT2D eigenvalue weighted by Crippen LogP contribution is 2.28. The number of hydrogen-bond acceptors (Lipinski definition) is 2. The Morgan fingerprint density at radius 3 is 2.58 bits per heavy atom. The van der Waals surface area contributed by atoms with Crippen LogP contribution in [0, 0.1) is 0 Å². The molecule has 0 aliphatic rings. The number of pyridine rings is 1. The van der Waals surface area contributed by atoms with Gasteiger partial charge in [-0.15, -0.1) is 0 Å². The number of rotatable bonds is 4. The van der Waals surface area contributed by atoms with Crippen molar-refractivity contribution in [2.75, 3.05) is 11.9 Å². The molecule has 0 N–H and O–H groups in total. The van der Waals surface area contributed by atoms with Gasteiger partial charge in [-0.2, -0.15) is 0 Å². The molecule has 1 atom stereocenters. The molecule has 1 heterocycles. The van der Waals surface area contributed by atoms with Crippen molar-refractivity contribution in [3.8, 4) is 0 Å². The van der Waals surface area contributed by atoms with Crippen LogP contribution in [0.2, 0.25) is 5.02 Å². The van der Waals surface area contributed by atoms with Crippen LogP contribution in [0.4, 0.5) is 5.82 Å². The molecule has 100 valence electrons. The van der Waals surface area contributed by atoms with Crippen molar-refractivity contribution >= 4 is 33.3 Å². The van der Waals surface area contributed by atoms with E-state index in [9.17, 15) is 0 Å². The van der Waals surface area contributed by atoms with Gasteiger partial charge in [0.25, 0.3) is 0 Å². The van der Waals surface area contributed by atoms with Crippen molar-refractivity contribution in [1.82, 2.24) is 4.98 Å². The minimum Gasteiger partial charge on any atom is -0.353 e. The number of halogens is 2. The summed E-state index contributed by atoms with van der Waals surface area (Å²) >= 11 is 9.67. The van der Waals surface area contributed by atoms with Crippen molar-refractivity contribution in [3.05, 3.63) is 58.7 Å². The maximum atomic E-state index is 6.25. The lowest BCUT2D eigenvalue weighted by Gasteiger charge is -2.27. The van der Waals surface area contributed by atoms with Gasteiger partial charge >= 0.3 is 0 Å². The molecule has 4 heteroatoms. The first-order valence-corrected chi connectivity index (χ1v) is 7.61. The first-order chi connectivity index (χ1) is 9.13. The monoisotopic (exact) mass is 338 g/mol. The molecule has 0 aliphatic carbocycles. The van der Waals surface area contributed by atoms with Gasteiger partial charge in [0, 0.05) is 23.6 Å². The van der Waals surface area contributed by atoms with Crippen LogP contribution < -0.4 is 4.90 Å². The van der Waals surface area contributed by atoms with Crippen LogP contribution in [-0.4, -0.2) is 12.0 Å². The predicted molar refractivity (Wildman–Crippen MR) is 85.1 cm³/mol. The molecular weight excluding hydrogens is 324 g/mol. The highest BCUT2D eigenvalue weighted by molar-refractivity contribution is 9.08. The fourth-order valence-electron chi connectivity index (χ4n) is 1.93. The Morgan fingerprint density at radius 1 is 1.26 bits per heavy atom. The number of alkyl halides is 1. The van der Waals surface area contributed by atoms with E-state index >= 15 is 0 Å². The van der Waals surface area contributed by atoms with Gasteiger partial charge in [0.2, 0.25) is 0 Å². The van der Waals surface area contributed by atoms with Gasteiger partial charge < -0.3 is 4.90 Å². The van der Waals surface area contributed by atoms with E-state index in [1.54, 1.807) is 0 Å². The second kappa shape index (κ2) is 6.40. The Hall–Kier alpha value is -1.06. The summed E-state index contributed by atoms with van der Waals surface area (Å²) in [5, 5.41) is 1.61. The van der Waals surface area contributed by atoms with Gasteiger partial charge in [0.15, 0.2) is 0 Å². The van der Waals surface area contributed by atoms with E-state index in [0.717, 1.165) is 21.7 Å². The lowest BCUT2D eigenvalue weighted by Crippen LogP contribution is -2.22. The average Bonchev–Trinajstić information content (AvgIpc) is 2.46. The summed E-state index contributed by atoms with van der Waals surface area (Å²) in [6.07, 6.45) is 1.89. The van der Waals surface area contributed by atoms with Crippen molar-refractivity contribution in [2.45, 2.75) is 18.3 Å². The van der Waals surface area contributed by atoms with Gasteiger partial charge in [-0.3, -0.25) is 0 Å². The highest BCUT2D eigenvalue weighted by Gasteiger charge is 2.15. The van der Waals surface area contributed by atoms with Gasteiger partial charge in [-0.05, 0) is 30.2 Å². The zero-order valence-corrected chi connectivity index (χ0v) is 13.3. The second-order valence-electron chi connectivity index (χ2n) is 4.47. The Morgan fingerprint density at radius 2 is 2.00 bits per heavy atom. The average molecular weight is 340 g/mol. The number of hydrogen-bond donors (Lipinski definition) is 0. The van der Waals surface area contributed by atoms with E-state index in [1.165, 1.54) is 5.56 Å². The standard InChI is InChI=1S/C15H16BrClN2/c1-11(13-5-3-4-6-14(13)17)19(2)15-8-7-12(9-16)10-18-15/h3-8,10-11H,9H2,1-2H3. The zero-order valence-electron chi connectivity index (χ0n) is 11.0. The first kappa shape index (κ1) is 14.4. The number of benzene rings is 1. The molecule has 2 rings (SSSR count). The van der Waals surface area contributed by atoms with Gasteiger partial charge in [-0.1, -0.05) is 51.8 Å². The van der Waals surface area contributed by atoms with Gasteiger partial charge in [-0.25, -0.2) is 4.98 Å². The Kier molecular flexibility index (Phi) is 4.83. The van der Waals surface area contributed by atoms with E-state index in [-0.39, 0.29) is 6.04 Å². The molecule has 0 saturated heterocycles. The van der Waals surface area contributed by atoms with E-state index in [4.69, 9.17) is 11.6 Å². The third-order valence-corrected chi connectivity index (χ3v) is 4.25. The number of anilines is 1. The molecule has 1 aromatic heterocycles. The smallest absolute Gasteiger partial charge is 0.128 e. The molecule has 2 aromatic rings. The highest BCUT2D eigenvalue weighted by atomic mass is 79.9. The molecule has 0 amide bonds. The summed E-state index contributed by atoms with van der Waals surface area (Å²) in [6, 6.07) is 12.2. The SMILES string of the molecule is CC(c1ccccc1Cl)N(C)c1ccc(CBr)cn1.